The van der Waals surface area contributed by atoms with Crippen LogP contribution in [0.25, 0.3) is 0 Å². The first-order chi connectivity index (χ1) is 14.2. The Balaban J connectivity index is 1.54. The Morgan fingerprint density at radius 2 is 1.67 bits per heavy atom. The lowest BCUT2D eigenvalue weighted by molar-refractivity contribution is 0.136. The van der Waals surface area contributed by atoms with E-state index in [4.69, 9.17) is 39.5 Å². The van der Waals surface area contributed by atoms with Crippen LogP contribution in [-0.2, 0) is 21.4 Å². The Kier molecular flexibility index (Phi) is 5.80. The number of carbonyl (C=O) groups excluding carboxylic acids is 1. The van der Waals surface area contributed by atoms with Crippen molar-refractivity contribution in [1.29, 1.82) is 0 Å². The van der Waals surface area contributed by atoms with Crippen LogP contribution < -0.4 is 4.90 Å². The number of amides is 1. The Morgan fingerprint density at radius 1 is 1.03 bits per heavy atom. The molecule has 0 aliphatic carbocycles. The molecule has 160 valence electrons. The summed E-state index contributed by atoms with van der Waals surface area (Å²) in [6.45, 7) is 0.562. The Bertz CT molecular complexity index is 1090. The highest BCUT2D eigenvalue weighted by Gasteiger charge is 2.37. The zero-order valence-electron chi connectivity index (χ0n) is 15.5. The summed E-state index contributed by atoms with van der Waals surface area (Å²) in [6.07, 6.45) is 0.398. The third-order valence-corrected chi connectivity index (χ3v) is 7.95. The summed E-state index contributed by atoms with van der Waals surface area (Å²) in [5.41, 5.74) is 1.54. The van der Waals surface area contributed by atoms with Crippen molar-refractivity contribution >= 4 is 56.6 Å². The first-order valence-electron chi connectivity index (χ1n) is 9.11. The van der Waals surface area contributed by atoms with Gasteiger partial charge in [-0.1, -0.05) is 34.8 Å². The molecular formula is C19H17Cl3N2O5S. The number of carbonyl (C=O) groups is 1. The molecule has 1 N–H and O–H groups in total. The standard InChI is InChI=1S/C19H17Cl3N2O5S/c20-12-1-2-17-11(7-12)10-29-19(26)24(17)13-3-5-23(6-4-13)30(27,28)14-8-15(21)18(25)16(22)9-14/h1-2,7-9,13,25H,3-6,10H2. The fraction of sp³-hybridized carbons (Fsp3) is 0.316. The smallest absolute Gasteiger partial charge is 0.414 e. The van der Waals surface area contributed by atoms with E-state index in [1.165, 1.54) is 16.4 Å². The molecule has 1 amide bonds. The Morgan fingerprint density at radius 3 is 2.30 bits per heavy atom. The molecule has 0 spiro atoms. The SMILES string of the molecule is O=C1OCc2cc(Cl)ccc2N1C1CCN(S(=O)(=O)c2cc(Cl)c(O)c(Cl)c2)CC1. The minimum absolute atomic E-state index is 0.0916. The van der Waals surface area contributed by atoms with Gasteiger partial charge in [-0.05, 0) is 43.2 Å². The van der Waals surface area contributed by atoms with Crippen LogP contribution in [0.15, 0.2) is 35.2 Å². The van der Waals surface area contributed by atoms with Gasteiger partial charge in [-0.25, -0.2) is 13.2 Å². The van der Waals surface area contributed by atoms with Gasteiger partial charge in [0, 0.05) is 29.7 Å². The van der Waals surface area contributed by atoms with Crippen LogP contribution in [0.4, 0.5) is 10.5 Å². The minimum Gasteiger partial charge on any atom is -0.505 e. The summed E-state index contributed by atoms with van der Waals surface area (Å²) in [5, 5.41) is 9.96. The van der Waals surface area contributed by atoms with E-state index in [0.29, 0.717) is 17.9 Å². The maximum absolute atomic E-state index is 13.0. The van der Waals surface area contributed by atoms with Crippen molar-refractivity contribution in [2.75, 3.05) is 18.0 Å². The van der Waals surface area contributed by atoms with E-state index in [2.05, 4.69) is 0 Å². The van der Waals surface area contributed by atoms with E-state index in [0.717, 1.165) is 11.3 Å². The van der Waals surface area contributed by atoms with Crippen LogP contribution in [0.3, 0.4) is 0 Å². The number of anilines is 1. The highest BCUT2D eigenvalue weighted by molar-refractivity contribution is 7.89. The number of hydrogen-bond acceptors (Lipinski definition) is 5. The molecule has 2 aromatic rings. The number of piperidine rings is 1. The van der Waals surface area contributed by atoms with Gasteiger partial charge in [-0.2, -0.15) is 4.31 Å². The van der Waals surface area contributed by atoms with Crippen molar-refractivity contribution in [2.45, 2.75) is 30.4 Å². The third-order valence-electron chi connectivity index (χ3n) is 5.27. The predicted octanol–water partition coefficient (Wildman–Crippen LogP) is 4.66. The van der Waals surface area contributed by atoms with Crippen molar-refractivity contribution in [2.24, 2.45) is 0 Å². The summed E-state index contributed by atoms with van der Waals surface area (Å²) in [4.78, 5) is 13.9. The Labute approximate surface area is 188 Å². The van der Waals surface area contributed by atoms with Gasteiger partial charge in [0.05, 0.1) is 20.6 Å². The number of phenols is 1. The number of aromatic hydroxyl groups is 1. The molecule has 2 aliphatic heterocycles. The first-order valence-corrected chi connectivity index (χ1v) is 11.7. The number of sulfonamides is 1. The molecular weight excluding hydrogens is 475 g/mol. The second kappa shape index (κ2) is 8.09. The lowest BCUT2D eigenvalue weighted by Crippen LogP contribution is -2.50. The van der Waals surface area contributed by atoms with Crippen LogP contribution in [0, 0.1) is 0 Å². The van der Waals surface area contributed by atoms with Crippen molar-refractivity contribution in [3.05, 3.63) is 51.0 Å². The monoisotopic (exact) mass is 490 g/mol. The molecule has 0 atom stereocenters. The highest BCUT2D eigenvalue weighted by Crippen LogP contribution is 2.37. The Hall–Kier alpha value is -1.71. The summed E-state index contributed by atoms with van der Waals surface area (Å²) in [5.74, 6) is -0.363. The zero-order valence-corrected chi connectivity index (χ0v) is 18.6. The number of phenolic OH excluding ortho intramolecular Hbond substituents is 1. The van der Waals surface area contributed by atoms with E-state index in [9.17, 15) is 18.3 Å². The van der Waals surface area contributed by atoms with Gasteiger partial charge in [0.25, 0.3) is 0 Å². The molecule has 0 saturated carbocycles. The number of nitrogens with zero attached hydrogens (tertiary/aromatic N) is 2. The highest BCUT2D eigenvalue weighted by atomic mass is 35.5. The molecule has 4 rings (SSSR count). The quantitative estimate of drug-likeness (QED) is 0.674. The second-order valence-corrected chi connectivity index (χ2v) is 10.3. The molecule has 1 fully saturated rings. The largest absolute Gasteiger partial charge is 0.505 e. The van der Waals surface area contributed by atoms with E-state index < -0.39 is 16.1 Å². The van der Waals surface area contributed by atoms with Gasteiger partial charge in [-0.3, -0.25) is 4.90 Å². The van der Waals surface area contributed by atoms with Gasteiger partial charge >= 0.3 is 6.09 Å². The third kappa shape index (κ3) is 3.83. The summed E-state index contributed by atoms with van der Waals surface area (Å²) >= 11 is 17.8. The molecule has 0 unspecified atom stereocenters. The first kappa shape index (κ1) is 21.5. The summed E-state index contributed by atoms with van der Waals surface area (Å²) < 4.78 is 32.6. The summed E-state index contributed by atoms with van der Waals surface area (Å²) in [7, 11) is -3.86. The molecule has 0 aromatic heterocycles. The number of fused-ring (bicyclic) bond motifs is 1. The number of rotatable bonds is 3. The number of ether oxygens (including phenoxy) is 1. The molecule has 2 aromatic carbocycles. The van der Waals surface area contributed by atoms with Crippen molar-refractivity contribution in [3.8, 4) is 5.75 Å². The fourth-order valence-electron chi connectivity index (χ4n) is 3.74. The maximum atomic E-state index is 13.0. The number of cyclic esters (lactones) is 1. The van der Waals surface area contributed by atoms with Crippen LogP contribution in [0.5, 0.6) is 5.75 Å². The summed E-state index contributed by atoms with van der Waals surface area (Å²) in [6, 6.07) is 7.38. The van der Waals surface area contributed by atoms with E-state index in [1.54, 1.807) is 23.1 Å². The van der Waals surface area contributed by atoms with Crippen molar-refractivity contribution in [1.82, 2.24) is 4.31 Å². The van der Waals surface area contributed by atoms with Crippen molar-refractivity contribution in [3.63, 3.8) is 0 Å². The van der Waals surface area contributed by atoms with E-state index in [-0.39, 0.29) is 46.4 Å². The molecule has 7 nitrogen and oxygen atoms in total. The predicted molar refractivity (Wildman–Crippen MR) is 114 cm³/mol. The van der Waals surface area contributed by atoms with Gasteiger partial charge in [0.1, 0.15) is 6.61 Å². The molecule has 11 heteroatoms. The van der Waals surface area contributed by atoms with Crippen LogP contribution >= 0.6 is 34.8 Å². The second-order valence-electron chi connectivity index (χ2n) is 7.07. The van der Waals surface area contributed by atoms with Gasteiger partial charge in [0.15, 0.2) is 5.75 Å². The molecule has 2 aliphatic rings. The topological polar surface area (TPSA) is 87.2 Å². The van der Waals surface area contributed by atoms with E-state index in [1.807, 2.05) is 0 Å². The molecule has 2 heterocycles. The number of benzene rings is 2. The van der Waals surface area contributed by atoms with Crippen LogP contribution in [0.2, 0.25) is 15.1 Å². The van der Waals surface area contributed by atoms with E-state index >= 15 is 0 Å². The lowest BCUT2D eigenvalue weighted by atomic mass is 10.0. The molecule has 30 heavy (non-hydrogen) atoms. The average Bonchev–Trinajstić information content (AvgIpc) is 2.72. The normalized spacial score (nSPS) is 18.2. The fourth-order valence-corrected chi connectivity index (χ4v) is 6.07. The average molecular weight is 492 g/mol. The van der Waals surface area contributed by atoms with Gasteiger partial charge in [0.2, 0.25) is 10.0 Å². The maximum Gasteiger partial charge on any atom is 0.414 e. The molecule has 1 saturated heterocycles. The number of halogens is 3. The number of hydrogen-bond donors (Lipinski definition) is 1. The lowest BCUT2D eigenvalue weighted by Gasteiger charge is -2.39. The molecule has 0 bridgehead atoms. The zero-order chi connectivity index (χ0) is 21.6. The van der Waals surface area contributed by atoms with Crippen LogP contribution in [-0.4, -0.2) is 43.1 Å². The van der Waals surface area contributed by atoms with Gasteiger partial charge in [-0.15, -0.1) is 0 Å². The van der Waals surface area contributed by atoms with Crippen LogP contribution in [0.1, 0.15) is 18.4 Å². The minimum atomic E-state index is -3.86. The van der Waals surface area contributed by atoms with Crippen molar-refractivity contribution < 1.29 is 23.1 Å². The molecule has 0 radical (unpaired) electrons. The van der Waals surface area contributed by atoms with Gasteiger partial charge < -0.3 is 9.84 Å².